The average Bonchev–Trinajstić information content (AvgIpc) is 2.49. The normalized spacial score (nSPS) is 21.9. The van der Waals surface area contributed by atoms with Crippen molar-refractivity contribution < 1.29 is 9.18 Å². The zero-order valence-electron chi connectivity index (χ0n) is 12.0. The van der Waals surface area contributed by atoms with Crippen molar-refractivity contribution in [2.75, 3.05) is 6.54 Å². The van der Waals surface area contributed by atoms with Crippen molar-refractivity contribution in [1.29, 1.82) is 0 Å². The molecule has 3 rings (SSSR count). The highest BCUT2D eigenvalue weighted by molar-refractivity contribution is 5.84. The molecular formula is C18H18FNO. The second kappa shape index (κ2) is 5.68. The van der Waals surface area contributed by atoms with Gasteiger partial charge in [0.15, 0.2) is 0 Å². The molecule has 0 unspecified atom stereocenters. The van der Waals surface area contributed by atoms with Crippen molar-refractivity contribution in [3.05, 3.63) is 71.0 Å². The summed E-state index contributed by atoms with van der Waals surface area (Å²) in [6, 6.07) is 14.6. The van der Waals surface area contributed by atoms with Gasteiger partial charge in [0.1, 0.15) is 5.82 Å². The third-order valence-electron chi connectivity index (χ3n) is 4.15. The first-order valence-electron chi connectivity index (χ1n) is 7.23. The van der Waals surface area contributed by atoms with Gasteiger partial charge in [0, 0.05) is 12.5 Å². The highest BCUT2D eigenvalue weighted by Gasteiger charge is 2.30. The quantitative estimate of drug-likeness (QED) is 0.897. The van der Waals surface area contributed by atoms with E-state index in [0.717, 1.165) is 12.0 Å². The molecule has 3 heteroatoms. The Morgan fingerprint density at radius 2 is 1.86 bits per heavy atom. The van der Waals surface area contributed by atoms with E-state index in [1.54, 1.807) is 12.1 Å². The molecule has 21 heavy (non-hydrogen) atoms. The third-order valence-corrected chi connectivity index (χ3v) is 4.15. The monoisotopic (exact) mass is 283 g/mol. The van der Waals surface area contributed by atoms with Crippen LogP contribution in [0.15, 0.2) is 48.5 Å². The molecule has 1 fully saturated rings. The van der Waals surface area contributed by atoms with E-state index >= 15 is 0 Å². The van der Waals surface area contributed by atoms with Gasteiger partial charge in [-0.05, 0) is 36.6 Å². The van der Waals surface area contributed by atoms with Crippen molar-refractivity contribution in [2.24, 2.45) is 0 Å². The molecular weight excluding hydrogens is 265 g/mol. The molecule has 1 amide bonds. The number of aryl methyl sites for hydroxylation is 1. The lowest BCUT2D eigenvalue weighted by atomic mass is 9.81. The summed E-state index contributed by atoms with van der Waals surface area (Å²) in [5, 5.41) is 2.98. The lowest BCUT2D eigenvalue weighted by Gasteiger charge is -2.30. The number of piperidine rings is 1. The first-order chi connectivity index (χ1) is 10.1. The van der Waals surface area contributed by atoms with Crippen molar-refractivity contribution in [2.45, 2.75) is 25.2 Å². The second-order valence-corrected chi connectivity index (χ2v) is 5.70. The van der Waals surface area contributed by atoms with Crippen LogP contribution in [0.4, 0.5) is 4.39 Å². The molecule has 108 valence electrons. The van der Waals surface area contributed by atoms with Crippen LogP contribution in [-0.2, 0) is 4.79 Å². The minimum absolute atomic E-state index is 0.0329. The molecule has 2 nitrogen and oxygen atoms in total. The number of hydrogen-bond donors (Lipinski definition) is 1. The van der Waals surface area contributed by atoms with Gasteiger partial charge < -0.3 is 5.32 Å². The van der Waals surface area contributed by atoms with E-state index in [0.29, 0.717) is 12.5 Å². The van der Waals surface area contributed by atoms with E-state index in [9.17, 15) is 9.18 Å². The molecule has 0 bridgehead atoms. The Balaban J connectivity index is 1.84. The Hall–Kier alpha value is -2.16. The zero-order chi connectivity index (χ0) is 14.8. The topological polar surface area (TPSA) is 29.1 Å². The maximum atomic E-state index is 13.0. The Morgan fingerprint density at radius 1 is 1.10 bits per heavy atom. The van der Waals surface area contributed by atoms with Crippen LogP contribution in [0.1, 0.15) is 34.9 Å². The summed E-state index contributed by atoms with van der Waals surface area (Å²) in [5.41, 5.74) is 3.36. The Kier molecular flexibility index (Phi) is 3.74. The van der Waals surface area contributed by atoms with Gasteiger partial charge in [-0.25, -0.2) is 4.39 Å². The van der Waals surface area contributed by atoms with Gasteiger partial charge in [-0.1, -0.05) is 42.0 Å². The van der Waals surface area contributed by atoms with E-state index in [4.69, 9.17) is 0 Å². The number of halogens is 1. The fourth-order valence-electron chi connectivity index (χ4n) is 2.98. The van der Waals surface area contributed by atoms with Crippen molar-refractivity contribution in [3.8, 4) is 0 Å². The van der Waals surface area contributed by atoms with Crippen LogP contribution in [0.2, 0.25) is 0 Å². The summed E-state index contributed by atoms with van der Waals surface area (Å²) in [7, 11) is 0. The van der Waals surface area contributed by atoms with E-state index < -0.39 is 0 Å². The van der Waals surface area contributed by atoms with E-state index in [2.05, 4.69) is 30.4 Å². The van der Waals surface area contributed by atoms with Crippen LogP contribution < -0.4 is 5.32 Å². The Bertz CT molecular complexity index is 651. The van der Waals surface area contributed by atoms with E-state index in [1.165, 1.54) is 23.3 Å². The molecule has 1 N–H and O–H groups in total. The van der Waals surface area contributed by atoms with Crippen molar-refractivity contribution in [1.82, 2.24) is 5.32 Å². The molecule has 1 aliphatic rings. The van der Waals surface area contributed by atoms with Crippen LogP contribution in [0.3, 0.4) is 0 Å². The van der Waals surface area contributed by atoms with Gasteiger partial charge in [0.2, 0.25) is 5.91 Å². The van der Waals surface area contributed by atoms with Crippen LogP contribution in [0.5, 0.6) is 0 Å². The predicted octanol–water partition coefficient (Wildman–Crippen LogP) is 3.52. The molecule has 2 atom stereocenters. The van der Waals surface area contributed by atoms with Gasteiger partial charge in [0.05, 0.1) is 5.92 Å². The minimum atomic E-state index is -0.273. The average molecular weight is 283 g/mol. The molecule has 1 saturated heterocycles. The largest absolute Gasteiger partial charge is 0.355 e. The zero-order valence-corrected chi connectivity index (χ0v) is 12.0. The summed E-state index contributed by atoms with van der Waals surface area (Å²) >= 11 is 0. The molecule has 0 radical (unpaired) electrons. The molecule has 2 aromatic carbocycles. The predicted molar refractivity (Wildman–Crippen MR) is 80.7 cm³/mol. The molecule has 0 aliphatic carbocycles. The van der Waals surface area contributed by atoms with Gasteiger partial charge in [-0.3, -0.25) is 4.79 Å². The highest BCUT2D eigenvalue weighted by Crippen LogP contribution is 2.33. The fraction of sp³-hybridized carbons (Fsp3) is 0.278. The molecule has 0 spiro atoms. The number of benzene rings is 2. The summed E-state index contributed by atoms with van der Waals surface area (Å²) in [6.45, 7) is 2.74. The van der Waals surface area contributed by atoms with Crippen LogP contribution >= 0.6 is 0 Å². The van der Waals surface area contributed by atoms with Crippen LogP contribution in [0.25, 0.3) is 0 Å². The summed E-state index contributed by atoms with van der Waals surface area (Å²) < 4.78 is 13.0. The van der Waals surface area contributed by atoms with Crippen molar-refractivity contribution in [3.63, 3.8) is 0 Å². The second-order valence-electron chi connectivity index (χ2n) is 5.70. The first kappa shape index (κ1) is 13.8. The van der Waals surface area contributed by atoms with Crippen LogP contribution in [-0.4, -0.2) is 12.5 Å². The third kappa shape index (κ3) is 2.97. The van der Waals surface area contributed by atoms with Gasteiger partial charge in [-0.2, -0.15) is 0 Å². The van der Waals surface area contributed by atoms with Gasteiger partial charge in [0.25, 0.3) is 0 Å². The molecule has 2 aromatic rings. The maximum Gasteiger partial charge on any atom is 0.227 e. The first-order valence-corrected chi connectivity index (χ1v) is 7.23. The number of rotatable bonds is 2. The fourth-order valence-corrected chi connectivity index (χ4v) is 2.98. The lowest BCUT2D eigenvalue weighted by Crippen LogP contribution is -2.39. The lowest BCUT2D eigenvalue weighted by molar-refractivity contribution is -0.124. The molecule has 1 heterocycles. The molecule has 0 saturated carbocycles. The number of carbonyl (C=O) groups excluding carboxylic acids is 1. The maximum absolute atomic E-state index is 13.0. The van der Waals surface area contributed by atoms with E-state index in [1.807, 2.05) is 6.07 Å². The minimum Gasteiger partial charge on any atom is -0.355 e. The Morgan fingerprint density at radius 3 is 2.57 bits per heavy atom. The van der Waals surface area contributed by atoms with E-state index in [-0.39, 0.29) is 17.6 Å². The SMILES string of the molecule is Cc1cccc([C@H]2CNC(=O)[C@@H](c3ccc(F)cc3)C2)c1. The molecule has 1 aliphatic heterocycles. The summed E-state index contributed by atoms with van der Waals surface area (Å²) in [5.74, 6) is -0.141. The van der Waals surface area contributed by atoms with Crippen molar-refractivity contribution >= 4 is 5.91 Å². The summed E-state index contributed by atoms with van der Waals surface area (Å²) in [6.07, 6.45) is 0.765. The van der Waals surface area contributed by atoms with Gasteiger partial charge in [-0.15, -0.1) is 0 Å². The van der Waals surface area contributed by atoms with Gasteiger partial charge >= 0.3 is 0 Å². The number of carbonyl (C=O) groups is 1. The standard InChI is InChI=1S/C18H18FNO/c1-12-3-2-4-14(9-12)15-10-17(18(21)20-11-15)13-5-7-16(19)8-6-13/h2-9,15,17H,10-11H2,1H3,(H,20,21)/t15-,17-/m1/s1. The smallest absolute Gasteiger partial charge is 0.227 e. The Labute approximate surface area is 124 Å². The number of amides is 1. The number of nitrogens with one attached hydrogen (secondary N) is 1. The highest BCUT2D eigenvalue weighted by atomic mass is 19.1. The molecule has 0 aromatic heterocycles. The van der Waals surface area contributed by atoms with Crippen LogP contribution in [0, 0.1) is 12.7 Å². The number of hydrogen-bond acceptors (Lipinski definition) is 1. The summed E-state index contributed by atoms with van der Waals surface area (Å²) in [4.78, 5) is 12.1.